The van der Waals surface area contributed by atoms with Gasteiger partial charge in [-0.3, -0.25) is 5.10 Å². The molecule has 0 amide bonds. The Kier molecular flexibility index (Phi) is 7.29. The smallest absolute Gasteiger partial charge is 0.219 e. The Morgan fingerprint density at radius 1 is 1.29 bits per heavy atom. The molecule has 2 aliphatic rings. The molecule has 0 radical (unpaired) electrons. The number of aryl methyl sites for hydroxylation is 2. The lowest BCUT2D eigenvalue weighted by molar-refractivity contribution is 0.230. The van der Waals surface area contributed by atoms with Gasteiger partial charge in [-0.2, -0.15) is 10.2 Å². The van der Waals surface area contributed by atoms with Crippen LogP contribution in [0.3, 0.4) is 0 Å². The van der Waals surface area contributed by atoms with Crippen LogP contribution < -0.4 is 15.0 Å². The van der Waals surface area contributed by atoms with Crippen molar-refractivity contribution in [1.82, 2.24) is 20.0 Å². The largest absolute Gasteiger partial charge is 0.477 e. The van der Waals surface area contributed by atoms with Crippen LogP contribution >= 0.6 is 11.8 Å². The fourth-order valence-corrected chi connectivity index (χ4v) is 4.96. The van der Waals surface area contributed by atoms with Crippen LogP contribution in [-0.4, -0.2) is 45.7 Å². The first-order valence-corrected chi connectivity index (χ1v) is 13.7. The van der Waals surface area contributed by atoms with Gasteiger partial charge in [0.05, 0.1) is 18.4 Å². The number of allylic oxidation sites excluding steroid dienone is 2. The topological polar surface area (TPSA) is 83.4 Å². The van der Waals surface area contributed by atoms with E-state index in [9.17, 15) is 8.78 Å². The van der Waals surface area contributed by atoms with Crippen LogP contribution in [0.5, 0.6) is 5.88 Å². The number of hydrogen-bond donors (Lipinski definition) is 2. The molecule has 200 valence electrons. The van der Waals surface area contributed by atoms with Gasteiger partial charge in [-0.05, 0) is 56.6 Å². The predicted octanol–water partition coefficient (Wildman–Crippen LogP) is 6.00. The second-order valence-corrected chi connectivity index (χ2v) is 10.4. The van der Waals surface area contributed by atoms with Gasteiger partial charge in [-0.15, -0.1) is 11.8 Å². The Labute approximate surface area is 224 Å². The van der Waals surface area contributed by atoms with Gasteiger partial charge in [-0.1, -0.05) is 6.58 Å². The van der Waals surface area contributed by atoms with Crippen molar-refractivity contribution >= 4 is 34.7 Å². The lowest BCUT2D eigenvalue weighted by atomic mass is 9.97. The van der Waals surface area contributed by atoms with E-state index in [4.69, 9.17) is 9.73 Å². The minimum absolute atomic E-state index is 0.162. The standard InChI is InChI=1S/C27H31F2N7OS/c1-15-11-23(34-33-15)32-26(31-17(3)35(4)25-21(28)12-19(38-5)13-22(25)29)24(18-7-8-18)16(2)20-14-30-36-9-6-10-37-27(20)36/h11-14,18H,2,6-10H2,1,3-5H3,(H2,32,33,34)/b26-24-,31-17+. The maximum atomic E-state index is 14.9. The zero-order chi connectivity index (χ0) is 27.0. The zero-order valence-electron chi connectivity index (χ0n) is 21.9. The number of aromatic nitrogens is 4. The normalized spacial score (nSPS) is 16.0. The van der Waals surface area contributed by atoms with Crippen molar-refractivity contribution in [3.63, 3.8) is 0 Å². The first-order valence-electron chi connectivity index (χ1n) is 12.5. The third-order valence-electron chi connectivity index (χ3n) is 6.71. The van der Waals surface area contributed by atoms with Crippen molar-refractivity contribution in [3.8, 4) is 5.88 Å². The van der Waals surface area contributed by atoms with Gasteiger partial charge in [0.2, 0.25) is 5.88 Å². The summed E-state index contributed by atoms with van der Waals surface area (Å²) >= 11 is 1.28. The first-order chi connectivity index (χ1) is 18.3. The van der Waals surface area contributed by atoms with Crippen LogP contribution in [0.1, 0.15) is 37.4 Å². The van der Waals surface area contributed by atoms with Crippen molar-refractivity contribution in [2.24, 2.45) is 10.9 Å². The van der Waals surface area contributed by atoms with E-state index >= 15 is 0 Å². The summed E-state index contributed by atoms with van der Waals surface area (Å²) in [5, 5.41) is 15.1. The molecule has 1 fully saturated rings. The van der Waals surface area contributed by atoms with E-state index in [0.717, 1.165) is 48.2 Å². The first kappa shape index (κ1) is 26.0. The summed E-state index contributed by atoms with van der Waals surface area (Å²) in [6.45, 7) is 9.47. The van der Waals surface area contributed by atoms with Crippen LogP contribution in [-0.2, 0) is 6.54 Å². The molecule has 0 bridgehead atoms. The Morgan fingerprint density at radius 3 is 2.66 bits per heavy atom. The van der Waals surface area contributed by atoms with E-state index in [1.165, 1.54) is 28.8 Å². The van der Waals surface area contributed by atoms with Gasteiger partial charge < -0.3 is 15.0 Å². The van der Waals surface area contributed by atoms with Gasteiger partial charge in [0.25, 0.3) is 0 Å². The number of aliphatic imine (C=N–C) groups is 1. The summed E-state index contributed by atoms with van der Waals surface area (Å²) in [7, 11) is 1.60. The van der Waals surface area contributed by atoms with E-state index in [2.05, 4.69) is 27.2 Å². The number of fused-ring (bicyclic) bond motifs is 1. The van der Waals surface area contributed by atoms with Crippen molar-refractivity contribution in [1.29, 1.82) is 0 Å². The molecule has 0 atom stereocenters. The second-order valence-electron chi connectivity index (χ2n) is 9.52. The number of nitrogens with zero attached hydrogens (tertiary/aromatic N) is 5. The molecule has 1 saturated carbocycles. The minimum atomic E-state index is -0.650. The molecule has 0 spiro atoms. The maximum Gasteiger partial charge on any atom is 0.219 e. The number of ether oxygens (including phenoxy) is 1. The van der Waals surface area contributed by atoms with Crippen LogP contribution in [0.25, 0.3) is 5.57 Å². The number of rotatable bonds is 8. The number of thioether (sulfide) groups is 1. The molecule has 3 heterocycles. The molecule has 1 aromatic carbocycles. The van der Waals surface area contributed by atoms with Crippen molar-refractivity contribution in [2.45, 2.75) is 44.6 Å². The molecule has 3 aromatic rings. The number of H-pyrrole nitrogens is 1. The Hall–Kier alpha value is -3.60. The average molecular weight is 540 g/mol. The molecule has 1 aliphatic heterocycles. The highest BCUT2D eigenvalue weighted by atomic mass is 32.2. The summed E-state index contributed by atoms with van der Waals surface area (Å²) in [6, 6.07) is 4.53. The van der Waals surface area contributed by atoms with Gasteiger partial charge in [0, 0.05) is 42.2 Å². The van der Waals surface area contributed by atoms with Crippen molar-refractivity contribution in [2.75, 3.05) is 30.1 Å². The number of aromatic amines is 1. The quantitative estimate of drug-likeness (QED) is 0.158. The van der Waals surface area contributed by atoms with E-state index in [0.29, 0.717) is 34.9 Å². The monoisotopic (exact) mass is 539 g/mol. The van der Waals surface area contributed by atoms with Crippen LogP contribution in [0.15, 0.2) is 52.3 Å². The third kappa shape index (κ3) is 5.20. The second kappa shape index (κ2) is 10.6. The van der Waals surface area contributed by atoms with Crippen molar-refractivity contribution < 1.29 is 13.5 Å². The summed E-state index contributed by atoms with van der Waals surface area (Å²) < 4.78 is 37.7. The SMILES string of the molecule is C=C(/C(=C(\N=C(/C)N(C)c1c(F)cc(SC)cc1F)Nc1cc(C)[nH]n1)C1CC1)c1cnn2c1OCCC2. The van der Waals surface area contributed by atoms with Gasteiger partial charge >= 0.3 is 0 Å². The molecular formula is C27H31F2N7OS. The highest BCUT2D eigenvalue weighted by molar-refractivity contribution is 7.98. The number of nitrogens with one attached hydrogen (secondary N) is 2. The Bertz CT molecular complexity index is 1410. The third-order valence-corrected chi connectivity index (χ3v) is 7.42. The molecule has 5 rings (SSSR count). The fourth-order valence-electron chi connectivity index (χ4n) is 4.51. The Balaban J connectivity index is 1.59. The molecule has 2 N–H and O–H groups in total. The summed E-state index contributed by atoms with van der Waals surface area (Å²) in [4.78, 5) is 6.81. The van der Waals surface area contributed by atoms with Crippen LogP contribution in [0, 0.1) is 24.5 Å². The molecule has 11 heteroatoms. The minimum Gasteiger partial charge on any atom is -0.477 e. The summed E-state index contributed by atoms with van der Waals surface area (Å²) in [5.74, 6) is 1.12. The fraction of sp³-hybridized carbons (Fsp3) is 0.370. The van der Waals surface area contributed by atoms with Gasteiger partial charge in [0.1, 0.15) is 17.3 Å². The lowest BCUT2D eigenvalue weighted by Gasteiger charge is -2.23. The van der Waals surface area contributed by atoms with Crippen molar-refractivity contribution in [3.05, 3.63) is 65.3 Å². The van der Waals surface area contributed by atoms with E-state index in [1.54, 1.807) is 26.4 Å². The molecular weight excluding hydrogens is 508 g/mol. The van der Waals surface area contributed by atoms with Crippen LogP contribution in [0.2, 0.25) is 0 Å². The number of hydrogen-bond acceptors (Lipinski definition) is 6. The zero-order valence-corrected chi connectivity index (χ0v) is 22.8. The highest BCUT2D eigenvalue weighted by Gasteiger charge is 2.34. The average Bonchev–Trinajstić information content (AvgIpc) is 3.48. The number of amidine groups is 1. The highest BCUT2D eigenvalue weighted by Crippen LogP contribution is 2.46. The van der Waals surface area contributed by atoms with E-state index in [1.807, 2.05) is 17.7 Å². The molecule has 0 unspecified atom stereocenters. The predicted molar refractivity (Wildman–Crippen MR) is 148 cm³/mol. The maximum absolute atomic E-state index is 14.9. The lowest BCUT2D eigenvalue weighted by Crippen LogP contribution is -2.26. The van der Waals surface area contributed by atoms with Crippen LogP contribution in [0.4, 0.5) is 20.3 Å². The molecule has 2 aromatic heterocycles. The summed E-state index contributed by atoms with van der Waals surface area (Å²) in [6.07, 6.45) is 6.42. The molecule has 0 saturated heterocycles. The van der Waals surface area contributed by atoms with Gasteiger partial charge in [-0.25, -0.2) is 18.5 Å². The molecule has 38 heavy (non-hydrogen) atoms. The molecule has 1 aliphatic carbocycles. The molecule has 8 nitrogen and oxygen atoms in total. The van der Waals surface area contributed by atoms with E-state index < -0.39 is 11.6 Å². The number of anilines is 2. The van der Waals surface area contributed by atoms with Gasteiger partial charge in [0.15, 0.2) is 17.5 Å². The number of benzene rings is 1. The summed E-state index contributed by atoms with van der Waals surface area (Å²) in [5.41, 5.74) is 3.20. The Morgan fingerprint density at radius 2 is 2.03 bits per heavy atom. The number of halogens is 2. The van der Waals surface area contributed by atoms with E-state index in [-0.39, 0.29) is 11.6 Å².